The third-order valence-corrected chi connectivity index (χ3v) is 6.46. The van der Waals surface area contributed by atoms with Crippen LogP contribution in [0.2, 0.25) is 0 Å². The average molecular weight is 644 g/mol. The van der Waals surface area contributed by atoms with Gasteiger partial charge in [-0.2, -0.15) is 9.78 Å². The number of nitro groups is 1. The van der Waals surface area contributed by atoms with E-state index < -0.39 is 10.9 Å². The van der Waals surface area contributed by atoms with Gasteiger partial charge in [-0.25, -0.2) is 9.78 Å². The van der Waals surface area contributed by atoms with Crippen molar-refractivity contribution in [3.63, 3.8) is 0 Å². The molecule has 4 rings (SSSR count). The molecule has 0 aliphatic rings. The van der Waals surface area contributed by atoms with Crippen LogP contribution in [0.15, 0.2) is 73.4 Å². The number of carbonyl (C=O) groups is 1. The summed E-state index contributed by atoms with van der Waals surface area (Å²) in [6.45, 7) is 3.70. The van der Waals surface area contributed by atoms with Crippen molar-refractivity contribution in [1.29, 1.82) is 0 Å². The Balaban J connectivity index is 1.79. The number of halogens is 2. The first kappa shape index (κ1) is 27.1. The normalized spacial score (nSPS) is 11.4. The molecule has 0 amide bonds. The number of aromatic carboxylic acids is 1. The minimum absolute atomic E-state index is 0.0556. The van der Waals surface area contributed by atoms with Crippen molar-refractivity contribution >= 4 is 60.6 Å². The molecule has 0 aliphatic carbocycles. The van der Waals surface area contributed by atoms with E-state index in [0.717, 1.165) is 0 Å². The second-order valence-electron chi connectivity index (χ2n) is 8.54. The highest BCUT2D eigenvalue weighted by Crippen LogP contribution is 2.34. The molecule has 0 saturated carbocycles. The maximum absolute atomic E-state index is 13.3. The van der Waals surface area contributed by atoms with Crippen LogP contribution in [-0.4, -0.2) is 31.9 Å². The van der Waals surface area contributed by atoms with Crippen LogP contribution in [0.4, 0.5) is 5.69 Å². The van der Waals surface area contributed by atoms with Crippen LogP contribution in [0.25, 0.3) is 10.9 Å². The Morgan fingerprint density at radius 2 is 1.87 bits per heavy atom. The Bertz CT molecular complexity index is 1650. The molecule has 0 aliphatic heterocycles. The van der Waals surface area contributed by atoms with Crippen molar-refractivity contribution in [2.45, 2.75) is 26.4 Å². The standard InChI is InChI=1S/C26H20Br2N4O6/c1-14(2)24-30-21-8-7-18(27)10-20(21)25(33)31(24)29-12-17-9-19(28)11-22(32(36)37)23(17)38-13-15-3-5-16(6-4-15)26(34)35/h3-12,14H,13H2,1-2H3,(H,34,35). The molecule has 10 nitrogen and oxygen atoms in total. The molecule has 0 spiro atoms. The number of fused-ring (bicyclic) bond motifs is 1. The molecule has 0 unspecified atom stereocenters. The van der Waals surface area contributed by atoms with Crippen molar-refractivity contribution in [3.05, 3.63) is 107 Å². The largest absolute Gasteiger partial charge is 0.481 e. The Morgan fingerprint density at radius 3 is 2.50 bits per heavy atom. The maximum Gasteiger partial charge on any atom is 0.335 e. The molecule has 1 N–H and O–H groups in total. The van der Waals surface area contributed by atoms with Crippen molar-refractivity contribution in [2.24, 2.45) is 5.10 Å². The molecule has 194 valence electrons. The van der Waals surface area contributed by atoms with E-state index in [4.69, 9.17) is 9.84 Å². The maximum atomic E-state index is 13.3. The number of hydrogen-bond acceptors (Lipinski definition) is 7. The zero-order chi connectivity index (χ0) is 27.6. The highest BCUT2D eigenvalue weighted by molar-refractivity contribution is 9.10. The van der Waals surface area contributed by atoms with Gasteiger partial charge in [0, 0.05) is 26.5 Å². The van der Waals surface area contributed by atoms with Gasteiger partial charge in [0.05, 0.1) is 27.6 Å². The second-order valence-corrected chi connectivity index (χ2v) is 10.4. The molecule has 0 atom stereocenters. The Morgan fingerprint density at radius 1 is 1.16 bits per heavy atom. The van der Waals surface area contributed by atoms with Crippen LogP contribution in [0, 0.1) is 10.1 Å². The van der Waals surface area contributed by atoms with Crippen LogP contribution in [-0.2, 0) is 6.61 Å². The topological polar surface area (TPSA) is 137 Å². The lowest BCUT2D eigenvalue weighted by Gasteiger charge is -2.13. The van der Waals surface area contributed by atoms with E-state index in [1.165, 1.54) is 29.1 Å². The molecule has 0 radical (unpaired) electrons. The van der Waals surface area contributed by atoms with Crippen LogP contribution >= 0.6 is 31.9 Å². The fourth-order valence-corrected chi connectivity index (χ4v) is 4.48. The van der Waals surface area contributed by atoms with Gasteiger partial charge in [-0.15, -0.1) is 0 Å². The van der Waals surface area contributed by atoms with Crippen molar-refractivity contribution in [2.75, 3.05) is 0 Å². The van der Waals surface area contributed by atoms with E-state index >= 15 is 0 Å². The van der Waals surface area contributed by atoms with Crippen molar-refractivity contribution in [1.82, 2.24) is 9.66 Å². The number of aromatic nitrogens is 2. The summed E-state index contributed by atoms with van der Waals surface area (Å²) >= 11 is 6.66. The quantitative estimate of drug-likeness (QED) is 0.139. The number of carboxylic acid groups (broad SMARTS) is 1. The van der Waals surface area contributed by atoms with Gasteiger partial charge in [0.1, 0.15) is 12.4 Å². The SMILES string of the molecule is CC(C)c1nc2ccc(Br)cc2c(=O)n1N=Cc1cc(Br)cc([N+](=O)[O-])c1OCc1ccc(C(=O)O)cc1. The average Bonchev–Trinajstić information content (AvgIpc) is 2.87. The molecule has 0 fully saturated rings. The highest BCUT2D eigenvalue weighted by atomic mass is 79.9. The van der Waals surface area contributed by atoms with Gasteiger partial charge in [0.15, 0.2) is 0 Å². The number of rotatable bonds is 8. The van der Waals surface area contributed by atoms with Gasteiger partial charge in [0.2, 0.25) is 5.75 Å². The first-order chi connectivity index (χ1) is 18.0. The molecule has 38 heavy (non-hydrogen) atoms. The molecule has 1 heterocycles. The summed E-state index contributed by atoms with van der Waals surface area (Å²) in [7, 11) is 0. The number of hydrogen-bond donors (Lipinski definition) is 1. The fraction of sp³-hybridized carbons (Fsp3) is 0.154. The van der Waals surface area contributed by atoms with E-state index in [9.17, 15) is 19.7 Å². The Kier molecular flexibility index (Phi) is 8.02. The van der Waals surface area contributed by atoms with Gasteiger partial charge in [-0.3, -0.25) is 14.9 Å². The molecular formula is C26H20Br2N4O6. The van der Waals surface area contributed by atoms with Crippen LogP contribution in [0.1, 0.15) is 47.1 Å². The summed E-state index contributed by atoms with van der Waals surface area (Å²) in [6.07, 6.45) is 1.32. The third-order valence-electron chi connectivity index (χ3n) is 5.51. The van der Waals surface area contributed by atoms with Crippen molar-refractivity contribution in [3.8, 4) is 5.75 Å². The van der Waals surface area contributed by atoms with Crippen LogP contribution in [0.3, 0.4) is 0 Å². The summed E-state index contributed by atoms with van der Waals surface area (Å²) in [4.78, 5) is 40.3. The zero-order valence-corrected chi connectivity index (χ0v) is 23.3. The van der Waals surface area contributed by atoms with E-state index in [-0.39, 0.29) is 40.6 Å². The summed E-state index contributed by atoms with van der Waals surface area (Å²) in [5, 5.41) is 25.7. The number of nitro benzene ring substituents is 1. The molecule has 3 aromatic carbocycles. The minimum atomic E-state index is -1.06. The summed E-state index contributed by atoms with van der Waals surface area (Å²) in [6, 6.07) is 14.1. The van der Waals surface area contributed by atoms with E-state index in [1.807, 2.05) is 13.8 Å². The smallest absolute Gasteiger partial charge is 0.335 e. The number of ether oxygens (including phenoxy) is 1. The van der Waals surface area contributed by atoms with Gasteiger partial charge in [-0.1, -0.05) is 57.8 Å². The van der Waals surface area contributed by atoms with Crippen molar-refractivity contribution < 1.29 is 19.6 Å². The summed E-state index contributed by atoms with van der Waals surface area (Å²) in [5.41, 5.74) is 0.812. The molecule has 1 aromatic heterocycles. The van der Waals surface area contributed by atoms with Gasteiger partial charge >= 0.3 is 11.7 Å². The second kappa shape index (κ2) is 11.2. The number of benzene rings is 3. The molecule has 4 aromatic rings. The number of carboxylic acids is 1. The minimum Gasteiger partial charge on any atom is -0.481 e. The van der Waals surface area contributed by atoms with Crippen LogP contribution in [0.5, 0.6) is 5.75 Å². The van der Waals surface area contributed by atoms with Gasteiger partial charge in [-0.05, 0) is 42.0 Å². The lowest BCUT2D eigenvalue weighted by molar-refractivity contribution is -0.386. The van der Waals surface area contributed by atoms with Gasteiger partial charge in [0.25, 0.3) is 5.56 Å². The lowest BCUT2D eigenvalue weighted by atomic mass is 10.1. The van der Waals surface area contributed by atoms with Gasteiger partial charge < -0.3 is 9.84 Å². The Hall–Kier alpha value is -3.90. The first-order valence-corrected chi connectivity index (χ1v) is 12.8. The molecular weight excluding hydrogens is 624 g/mol. The third kappa shape index (κ3) is 5.81. The summed E-state index contributed by atoms with van der Waals surface area (Å²) in [5.74, 6) is -0.841. The molecule has 0 bridgehead atoms. The monoisotopic (exact) mass is 642 g/mol. The van der Waals surface area contributed by atoms with E-state index in [0.29, 0.717) is 31.2 Å². The van der Waals surface area contributed by atoms with E-state index in [2.05, 4.69) is 41.9 Å². The molecule has 0 saturated heterocycles. The van der Waals surface area contributed by atoms with E-state index in [1.54, 1.807) is 36.4 Å². The predicted molar refractivity (Wildman–Crippen MR) is 149 cm³/mol. The van der Waals surface area contributed by atoms with Crippen LogP contribution < -0.4 is 10.3 Å². The zero-order valence-electron chi connectivity index (χ0n) is 20.1. The highest BCUT2D eigenvalue weighted by Gasteiger charge is 2.21. The predicted octanol–water partition coefficient (Wildman–Crippen LogP) is 6.11. The lowest BCUT2D eigenvalue weighted by Crippen LogP contribution is -2.23. The summed E-state index contributed by atoms with van der Waals surface area (Å²) < 4.78 is 8.16. The first-order valence-electron chi connectivity index (χ1n) is 11.2. The fourth-order valence-electron chi connectivity index (χ4n) is 3.66. The number of nitrogens with zero attached hydrogens (tertiary/aromatic N) is 4. The molecule has 12 heteroatoms. The Labute approximate surface area is 233 Å².